The SMILES string of the molecule is O=C(CBr)CCC(NC(=O)C(Cc1ccc(O)cc1)NC(=O)OCc1ccccc1)C(=O)O. The third-order valence-corrected chi connectivity index (χ3v) is 5.30. The quantitative estimate of drug-likeness (QED) is 0.315. The van der Waals surface area contributed by atoms with Crippen LogP contribution in [-0.4, -0.2) is 51.4 Å². The third kappa shape index (κ3) is 9.32. The number of carbonyl (C=O) groups is 4. The van der Waals surface area contributed by atoms with Crippen LogP contribution in [0.5, 0.6) is 5.75 Å². The largest absolute Gasteiger partial charge is 0.508 e. The molecule has 2 rings (SSSR count). The van der Waals surface area contributed by atoms with Crippen LogP contribution in [0.25, 0.3) is 0 Å². The van der Waals surface area contributed by atoms with Gasteiger partial charge in [-0.3, -0.25) is 9.59 Å². The van der Waals surface area contributed by atoms with Gasteiger partial charge in [-0.25, -0.2) is 9.59 Å². The average Bonchev–Trinajstić information content (AvgIpc) is 2.81. The first-order valence-electron chi connectivity index (χ1n) is 10.1. The second kappa shape index (κ2) is 13.2. The van der Waals surface area contributed by atoms with Crippen LogP contribution < -0.4 is 10.6 Å². The lowest BCUT2D eigenvalue weighted by Crippen LogP contribution is -2.52. The van der Waals surface area contributed by atoms with Gasteiger partial charge in [0.15, 0.2) is 0 Å². The van der Waals surface area contributed by atoms with Crippen LogP contribution in [0, 0.1) is 0 Å². The number of carboxylic acid groups (broad SMARTS) is 1. The second-order valence-electron chi connectivity index (χ2n) is 7.24. The Morgan fingerprint density at radius 2 is 1.58 bits per heavy atom. The molecule has 0 radical (unpaired) electrons. The molecule has 0 spiro atoms. The van der Waals surface area contributed by atoms with Gasteiger partial charge in [-0.15, -0.1) is 0 Å². The smallest absolute Gasteiger partial charge is 0.408 e. The highest BCUT2D eigenvalue weighted by Crippen LogP contribution is 2.12. The standard InChI is InChI=1S/C23H25BrN2O7/c24-13-18(28)10-11-19(22(30)31)25-21(29)20(12-15-6-8-17(27)9-7-15)26-23(32)33-14-16-4-2-1-3-5-16/h1-9,19-20,27H,10-14H2,(H,25,29)(H,26,32)(H,30,31). The number of alkyl halides is 1. The van der Waals surface area contributed by atoms with E-state index in [2.05, 4.69) is 26.6 Å². The van der Waals surface area contributed by atoms with Crippen LogP contribution in [0.2, 0.25) is 0 Å². The van der Waals surface area contributed by atoms with Crippen LogP contribution in [0.3, 0.4) is 0 Å². The van der Waals surface area contributed by atoms with Gasteiger partial charge in [0.05, 0.1) is 5.33 Å². The maximum atomic E-state index is 12.9. The fraction of sp³-hybridized carbons (Fsp3) is 0.304. The summed E-state index contributed by atoms with van der Waals surface area (Å²) >= 11 is 3.01. The number of aliphatic carboxylic acids is 1. The number of alkyl carbamates (subject to hydrolysis) is 1. The van der Waals surface area contributed by atoms with Crippen LogP contribution in [-0.2, 0) is 32.1 Å². The predicted octanol–water partition coefficient (Wildman–Crippen LogP) is 2.54. The number of rotatable bonds is 12. The van der Waals surface area contributed by atoms with E-state index >= 15 is 0 Å². The van der Waals surface area contributed by atoms with Crippen molar-refractivity contribution in [2.24, 2.45) is 0 Å². The van der Waals surface area contributed by atoms with Gasteiger partial charge in [0.1, 0.15) is 30.2 Å². The summed E-state index contributed by atoms with van der Waals surface area (Å²) in [7, 11) is 0. The van der Waals surface area contributed by atoms with Crippen molar-refractivity contribution in [2.45, 2.75) is 38.0 Å². The molecule has 9 nitrogen and oxygen atoms in total. The minimum absolute atomic E-state index is 0.00731. The third-order valence-electron chi connectivity index (χ3n) is 4.67. The zero-order chi connectivity index (χ0) is 24.2. The zero-order valence-corrected chi connectivity index (χ0v) is 19.3. The molecule has 2 aromatic rings. The summed E-state index contributed by atoms with van der Waals surface area (Å²) in [5.41, 5.74) is 1.38. The first kappa shape index (κ1) is 25.9. The zero-order valence-electron chi connectivity index (χ0n) is 17.7. The van der Waals surface area contributed by atoms with E-state index < -0.39 is 30.1 Å². The molecule has 0 fully saturated rings. The summed E-state index contributed by atoms with van der Waals surface area (Å²) < 4.78 is 5.18. The van der Waals surface area contributed by atoms with Crippen LogP contribution in [0.15, 0.2) is 54.6 Å². The first-order chi connectivity index (χ1) is 15.8. The number of aromatic hydroxyl groups is 1. The Morgan fingerprint density at radius 3 is 2.18 bits per heavy atom. The summed E-state index contributed by atoms with van der Waals surface area (Å²) in [6.07, 6.45) is -0.939. The molecule has 33 heavy (non-hydrogen) atoms. The van der Waals surface area contributed by atoms with E-state index in [1.807, 2.05) is 6.07 Å². The number of nitrogens with one attached hydrogen (secondary N) is 2. The van der Waals surface area contributed by atoms with Gasteiger partial charge in [0, 0.05) is 12.8 Å². The number of amides is 2. The monoisotopic (exact) mass is 520 g/mol. The molecule has 176 valence electrons. The second-order valence-corrected chi connectivity index (χ2v) is 7.80. The summed E-state index contributed by atoms with van der Waals surface area (Å²) in [4.78, 5) is 48.3. The van der Waals surface area contributed by atoms with Crippen LogP contribution >= 0.6 is 15.9 Å². The fourth-order valence-corrected chi connectivity index (χ4v) is 3.17. The summed E-state index contributed by atoms with van der Waals surface area (Å²) in [5.74, 6) is -2.18. The molecule has 0 saturated heterocycles. The van der Waals surface area contributed by atoms with Crippen molar-refractivity contribution < 1.29 is 34.1 Å². The van der Waals surface area contributed by atoms with Crippen LogP contribution in [0.4, 0.5) is 4.79 Å². The van der Waals surface area contributed by atoms with Gasteiger partial charge >= 0.3 is 12.1 Å². The van der Waals surface area contributed by atoms with Crippen molar-refractivity contribution in [3.8, 4) is 5.75 Å². The molecule has 2 amide bonds. The van der Waals surface area contributed by atoms with Gasteiger partial charge in [-0.05, 0) is 29.7 Å². The van der Waals surface area contributed by atoms with E-state index in [0.29, 0.717) is 5.56 Å². The molecule has 2 unspecified atom stereocenters. The first-order valence-corrected chi connectivity index (χ1v) is 11.3. The Labute approximate surface area is 199 Å². The summed E-state index contributed by atoms with van der Waals surface area (Å²) in [6.45, 7) is -0.00731. The predicted molar refractivity (Wildman–Crippen MR) is 123 cm³/mol. The van der Waals surface area contributed by atoms with E-state index in [1.54, 1.807) is 36.4 Å². The number of hydrogen-bond donors (Lipinski definition) is 4. The van der Waals surface area contributed by atoms with E-state index in [1.165, 1.54) is 12.1 Å². The molecule has 0 aliphatic rings. The lowest BCUT2D eigenvalue weighted by molar-refractivity contribution is -0.142. The molecule has 0 aromatic heterocycles. The Hall–Kier alpha value is -3.40. The molecule has 0 aliphatic heterocycles. The Bertz CT molecular complexity index is 951. The lowest BCUT2D eigenvalue weighted by atomic mass is 10.0. The van der Waals surface area contributed by atoms with Gasteiger partial charge in [0.25, 0.3) is 0 Å². The van der Waals surface area contributed by atoms with Crippen molar-refractivity contribution in [3.63, 3.8) is 0 Å². The summed E-state index contributed by atoms with van der Waals surface area (Å²) in [6, 6.07) is 12.6. The molecule has 0 heterocycles. The van der Waals surface area contributed by atoms with Crippen LogP contribution in [0.1, 0.15) is 24.0 Å². The number of phenolic OH excluding ortho intramolecular Hbond substituents is 1. The van der Waals surface area contributed by atoms with Gasteiger partial charge < -0.3 is 25.6 Å². The molecule has 2 aromatic carbocycles. The Balaban J connectivity index is 2.08. The number of ketones is 1. The Kier molecular flexibility index (Phi) is 10.4. The van der Waals surface area contributed by atoms with Gasteiger partial charge in [-0.1, -0.05) is 58.4 Å². The molecule has 0 saturated carbocycles. The van der Waals surface area contributed by atoms with E-state index in [4.69, 9.17) is 4.74 Å². The number of phenols is 1. The number of carbonyl (C=O) groups excluding carboxylic acids is 3. The van der Waals surface area contributed by atoms with Crippen molar-refractivity contribution in [3.05, 3.63) is 65.7 Å². The molecular formula is C23H25BrN2O7. The maximum Gasteiger partial charge on any atom is 0.408 e. The van der Waals surface area contributed by atoms with Crippen molar-refractivity contribution >= 4 is 39.7 Å². The lowest BCUT2D eigenvalue weighted by Gasteiger charge is -2.21. The average molecular weight is 521 g/mol. The highest BCUT2D eigenvalue weighted by Gasteiger charge is 2.27. The van der Waals surface area contributed by atoms with Gasteiger partial charge in [0.2, 0.25) is 5.91 Å². The molecular weight excluding hydrogens is 496 g/mol. The van der Waals surface area contributed by atoms with Crippen molar-refractivity contribution in [1.82, 2.24) is 10.6 Å². The highest BCUT2D eigenvalue weighted by atomic mass is 79.9. The fourth-order valence-electron chi connectivity index (χ4n) is 2.89. The topological polar surface area (TPSA) is 142 Å². The minimum atomic E-state index is -1.30. The van der Waals surface area contributed by atoms with Crippen molar-refractivity contribution in [2.75, 3.05) is 5.33 Å². The highest BCUT2D eigenvalue weighted by molar-refractivity contribution is 9.09. The summed E-state index contributed by atoms with van der Waals surface area (Å²) in [5, 5.41) is 23.8. The Morgan fingerprint density at radius 1 is 0.909 bits per heavy atom. The number of benzene rings is 2. The number of halogens is 1. The normalized spacial score (nSPS) is 12.3. The number of hydrogen-bond acceptors (Lipinski definition) is 6. The van der Waals surface area contributed by atoms with E-state index in [-0.39, 0.29) is 42.7 Å². The number of Topliss-reactive ketones (excluding diaryl/α,β-unsaturated/α-hetero) is 1. The molecule has 2 atom stereocenters. The molecule has 0 aliphatic carbocycles. The maximum absolute atomic E-state index is 12.9. The number of ether oxygens (including phenoxy) is 1. The van der Waals surface area contributed by atoms with Gasteiger partial charge in [-0.2, -0.15) is 0 Å². The molecule has 4 N–H and O–H groups in total. The number of carboxylic acids is 1. The minimum Gasteiger partial charge on any atom is -0.508 e. The van der Waals surface area contributed by atoms with Crippen molar-refractivity contribution in [1.29, 1.82) is 0 Å². The molecule has 10 heteroatoms. The van der Waals surface area contributed by atoms with E-state index in [9.17, 15) is 29.4 Å². The molecule has 0 bridgehead atoms. The van der Waals surface area contributed by atoms with E-state index in [0.717, 1.165) is 5.56 Å².